The van der Waals surface area contributed by atoms with E-state index in [0.29, 0.717) is 4.90 Å². The number of hydrogen-bond acceptors (Lipinski definition) is 2. The average Bonchev–Trinajstić information content (AvgIpc) is 2.45. The van der Waals surface area contributed by atoms with Crippen molar-refractivity contribution >= 4 is 15.7 Å². The van der Waals surface area contributed by atoms with Crippen LogP contribution in [0.25, 0.3) is 0 Å². The first-order valence-electron chi connectivity index (χ1n) is 8.01. The topological polar surface area (TPSA) is 46.2 Å². The largest absolute Gasteiger partial charge is 0.279 e. The monoisotopic (exact) mass is 331 g/mol. The maximum absolute atomic E-state index is 13.0. The summed E-state index contributed by atoms with van der Waals surface area (Å²) in [6, 6.07) is 9.76. The van der Waals surface area contributed by atoms with E-state index in [9.17, 15) is 8.42 Å². The molecule has 0 spiro atoms. The van der Waals surface area contributed by atoms with Crippen molar-refractivity contribution in [1.82, 2.24) is 0 Å². The van der Waals surface area contributed by atoms with Crippen molar-refractivity contribution in [2.45, 2.75) is 52.4 Å². The van der Waals surface area contributed by atoms with Crippen molar-refractivity contribution in [2.24, 2.45) is 0 Å². The van der Waals surface area contributed by atoms with E-state index in [0.717, 1.165) is 46.3 Å². The van der Waals surface area contributed by atoms with E-state index in [2.05, 4.69) is 4.72 Å². The van der Waals surface area contributed by atoms with Gasteiger partial charge < -0.3 is 0 Å². The number of sulfonamides is 1. The minimum Gasteiger partial charge on any atom is -0.279 e. The third-order valence-corrected chi connectivity index (χ3v) is 5.76. The van der Waals surface area contributed by atoms with Crippen LogP contribution in [0.1, 0.15) is 41.7 Å². The Kier molecular flexibility index (Phi) is 5.15. The van der Waals surface area contributed by atoms with Crippen LogP contribution in [0.15, 0.2) is 35.2 Å². The van der Waals surface area contributed by atoms with Gasteiger partial charge >= 0.3 is 0 Å². The van der Waals surface area contributed by atoms with Crippen LogP contribution in [0.5, 0.6) is 0 Å². The highest BCUT2D eigenvalue weighted by Gasteiger charge is 2.22. The molecule has 0 saturated carbocycles. The molecule has 23 heavy (non-hydrogen) atoms. The lowest BCUT2D eigenvalue weighted by Crippen LogP contribution is -2.18. The zero-order valence-corrected chi connectivity index (χ0v) is 15.3. The predicted octanol–water partition coefficient (Wildman–Crippen LogP) is 4.54. The molecule has 3 nitrogen and oxygen atoms in total. The first kappa shape index (κ1) is 17.5. The van der Waals surface area contributed by atoms with E-state index in [4.69, 9.17) is 0 Å². The van der Waals surface area contributed by atoms with Gasteiger partial charge in [0.1, 0.15) is 0 Å². The molecule has 0 saturated heterocycles. The Bertz CT molecular complexity index is 778. The fraction of sp³-hybridized carbons (Fsp3) is 0.368. The number of aryl methyl sites for hydroxylation is 5. The van der Waals surface area contributed by atoms with Crippen LogP contribution in [-0.4, -0.2) is 8.42 Å². The lowest BCUT2D eigenvalue weighted by Gasteiger charge is -2.18. The summed E-state index contributed by atoms with van der Waals surface area (Å²) in [5, 5.41) is 0. The van der Waals surface area contributed by atoms with Crippen LogP contribution in [0.2, 0.25) is 0 Å². The van der Waals surface area contributed by atoms with E-state index >= 15 is 0 Å². The Morgan fingerprint density at radius 1 is 0.913 bits per heavy atom. The van der Waals surface area contributed by atoms with Crippen LogP contribution in [-0.2, 0) is 22.9 Å². The first-order valence-corrected chi connectivity index (χ1v) is 9.49. The smallest absolute Gasteiger partial charge is 0.262 e. The third-order valence-electron chi connectivity index (χ3n) is 4.11. The lowest BCUT2D eigenvalue weighted by atomic mass is 10.0. The number of nitrogens with one attached hydrogen (secondary N) is 1. The van der Waals surface area contributed by atoms with Crippen molar-refractivity contribution in [3.63, 3.8) is 0 Å². The van der Waals surface area contributed by atoms with Gasteiger partial charge in [0.2, 0.25) is 0 Å². The molecule has 2 aromatic rings. The highest BCUT2D eigenvalue weighted by atomic mass is 32.2. The van der Waals surface area contributed by atoms with Crippen LogP contribution < -0.4 is 4.72 Å². The molecular formula is C19H25NO2S. The van der Waals surface area contributed by atoms with Crippen molar-refractivity contribution in [2.75, 3.05) is 4.72 Å². The van der Waals surface area contributed by atoms with E-state index in [1.165, 1.54) is 0 Å². The van der Waals surface area contributed by atoms with E-state index < -0.39 is 10.0 Å². The van der Waals surface area contributed by atoms with E-state index in [1.54, 1.807) is 0 Å². The maximum Gasteiger partial charge on any atom is 0.262 e. The number of benzene rings is 2. The van der Waals surface area contributed by atoms with Gasteiger partial charge in [-0.2, -0.15) is 0 Å². The second-order valence-electron chi connectivity index (χ2n) is 5.99. The van der Waals surface area contributed by atoms with Gasteiger partial charge in [-0.05, 0) is 55.9 Å². The van der Waals surface area contributed by atoms with Crippen LogP contribution in [0.3, 0.4) is 0 Å². The molecule has 0 aromatic heterocycles. The zero-order chi connectivity index (χ0) is 17.2. The molecule has 2 aromatic carbocycles. The summed E-state index contributed by atoms with van der Waals surface area (Å²) >= 11 is 0. The summed E-state index contributed by atoms with van der Waals surface area (Å²) in [6.45, 7) is 9.75. The lowest BCUT2D eigenvalue weighted by molar-refractivity contribution is 0.600. The standard InChI is InChI=1S/C19H25NO2S/c1-6-16-9-8-10-17(7-2)18(16)20-23(21,22)19-14(4)11-13(3)12-15(19)5/h8-12,20H,6-7H2,1-5H3. The third kappa shape index (κ3) is 3.58. The Morgan fingerprint density at radius 2 is 1.39 bits per heavy atom. The van der Waals surface area contributed by atoms with E-state index in [-0.39, 0.29) is 0 Å². The molecule has 124 valence electrons. The maximum atomic E-state index is 13.0. The fourth-order valence-corrected chi connectivity index (χ4v) is 4.75. The summed E-state index contributed by atoms with van der Waals surface area (Å²) in [5.41, 5.74) is 5.41. The Hall–Kier alpha value is -1.81. The first-order chi connectivity index (χ1) is 10.8. The minimum absolute atomic E-state index is 0.385. The molecule has 0 fully saturated rings. The van der Waals surface area contributed by atoms with Crippen molar-refractivity contribution in [3.05, 3.63) is 58.1 Å². The van der Waals surface area contributed by atoms with Crippen LogP contribution >= 0.6 is 0 Å². The Morgan fingerprint density at radius 3 is 1.83 bits per heavy atom. The number of hydrogen-bond donors (Lipinski definition) is 1. The van der Waals surface area contributed by atoms with Gasteiger partial charge in [-0.15, -0.1) is 0 Å². The van der Waals surface area contributed by atoms with Crippen LogP contribution in [0, 0.1) is 20.8 Å². The van der Waals surface area contributed by atoms with Gasteiger partial charge in [0.25, 0.3) is 10.0 Å². The van der Waals surface area contributed by atoms with Gasteiger partial charge in [0.05, 0.1) is 10.6 Å². The SMILES string of the molecule is CCc1cccc(CC)c1NS(=O)(=O)c1c(C)cc(C)cc1C. The predicted molar refractivity (Wildman–Crippen MR) is 96.7 cm³/mol. The van der Waals surface area contributed by atoms with Gasteiger partial charge in [0.15, 0.2) is 0 Å². The quantitative estimate of drug-likeness (QED) is 0.874. The number of anilines is 1. The van der Waals surface area contributed by atoms with Gasteiger partial charge in [-0.1, -0.05) is 49.7 Å². The molecule has 0 amide bonds. The summed E-state index contributed by atoms with van der Waals surface area (Å²) in [4.78, 5) is 0.385. The highest BCUT2D eigenvalue weighted by Crippen LogP contribution is 2.28. The molecule has 0 atom stereocenters. The normalized spacial score (nSPS) is 11.5. The van der Waals surface area contributed by atoms with Crippen molar-refractivity contribution < 1.29 is 8.42 Å². The second kappa shape index (κ2) is 6.75. The molecule has 0 aliphatic carbocycles. The molecule has 1 N–H and O–H groups in total. The van der Waals surface area contributed by atoms with Crippen molar-refractivity contribution in [1.29, 1.82) is 0 Å². The summed E-state index contributed by atoms with van der Waals surface area (Å²) in [6.07, 6.45) is 1.58. The molecule has 2 rings (SSSR count). The van der Waals surface area contributed by atoms with Crippen molar-refractivity contribution in [3.8, 4) is 0 Å². The Balaban J connectivity index is 2.56. The van der Waals surface area contributed by atoms with E-state index in [1.807, 2.05) is 65.0 Å². The summed E-state index contributed by atoms with van der Waals surface area (Å²) in [5.74, 6) is 0. The number of rotatable bonds is 5. The summed E-state index contributed by atoms with van der Waals surface area (Å²) < 4.78 is 28.8. The van der Waals surface area contributed by atoms with Gasteiger partial charge in [0, 0.05) is 0 Å². The molecule has 0 bridgehead atoms. The highest BCUT2D eigenvalue weighted by molar-refractivity contribution is 7.92. The number of para-hydroxylation sites is 1. The average molecular weight is 331 g/mol. The Labute approximate surface area is 139 Å². The minimum atomic E-state index is -3.61. The summed E-state index contributed by atoms with van der Waals surface area (Å²) in [7, 11) is -3.61. The molecule has 4 heteroatoms. The zero-order valence-electron chi connectivity index (χ0n) is 14.5. The van der Waals surface area contributed by atoms with Gasteiger partial charge in [-0.25, -0.2) is 8.42 Å². The molecule has 0 heterocycles. The molecule has 0 aliphatic heterocycles. The fourth-order valence-electron chi connectivity index (χ4n) is 3.15. The second-order valence-corrected chi connectivity index (χ2v) is 7.61. The molecule has 0 radical (unpaired) electrons. The molecule has 0 unspecified atom stereocenters. The molecule has 0 aliphatic rings. The van der Waals surface area contributed by atoms with Crippen LogP contribution in [0.4, 0.5) is 5.69 Å². The molecular weight excluding hydrogens is 306 g/mol. The van der Waals surface area contributed by atoms with Gasteiger partial charge in [-0.3, -0.25) is 4.72 Å².